The van der Waals surface area contributed by atoms with Crippen molar-refractivity contribution >= 4 is 28.9 Å². The van der Waals surface area contributed by atoms with Crippen LogP contribution in [0.5, 0.6) is 5.75 Å². The lowest BCUT2D eigenvalue weighted by molar-refractivity contribution is 0.0777. The van der Waals surface area contributed by atoms with Crippen molar-refractivity contribution in [2.45, 2.75) is 40.0 Å². The van der Waals surface area contributed by atoms with E-state index in [0.717, 1.165) is 36.2 Å². The molecule has 1 aromatic carbocycles. The van der Waals surface area contributed by atoms with Crippen molar-refractivity contribution < 1.29 is 14.7 Å². The van der Waals surface area contributed by atoms with Gasteiger partial charge in [0, 0.05) is 25.7 Å². The van der Waals surface area contributed by atoms with Crippen molar-refractivity contribution in [3.05, 3.63) is 56.9 Å². The van der Waals surface area contributed by atoms with Gasteiger partial charge >= 0.3 is 0 Å². The summed E-state index contributed by atoms with van der Waals surface area (Å²) in [6, 6.07) is 9.51. The standard InChI is InChI=1S/C25H29N5O3S/c1-5-30(6-2)25(33)20-13-12-19(34-20)24(32)27-26-15(3)21-23(31)22(29(4)28-21)18-11-10-16-8-7-9-17(16)14-18/h10-14,31H,5-9H2,1-4H3,(H,27,32)/b26-15+. The molecule has 0 fully saturated rings. The lowest BCUT2D eigenvalue weighted by atomic mass is 10.0. The van der Waals surface area contributed by atoms with Crippen molar-refractivity contribution in [1.82, 2.24) is 20.1 Å². The van der Waals surface area contributed by atoms with Crippen LogP contribution in [-0.4, -0.2) is 50.4 Å². The summed E-state index contributed by atoms with van der Waals surface area (Å²) in [6.45, 7) is 6.74. The minimum Gasteiger partial charge on any atom is -0.504 e. The number of hydrogen-bond donors (Lipinski definition) is 2. The molecule has 8 nitrogen and oxygen atoms in total. The monoisotopic (exact) mass is 479 g/mol. The second kappa shape index (κ2) is 9.80. The number of fused-ring (bicyclic) bond motifs is 1. The average molecular weight is 480 g/mol. The van der Waals surface area contributed by atoms with Crippen LogP contribution in [0, 0.1) is 0 Å². The van der Waals surface area contributed by atoms with Gasteiger partial charge in [0.15, 0.2) is 11.4 Å². The fourth-order valence-electron chi connectivity index (χ4n) is 4.28. The van der Waals surface area contributed by atoms with Gasteiger partial charge in [-0.05, 0) is 69.4 Å². The number of rotatable bonds is 7. The zero-order valence-electron chi connectivity index (χ0n) is 19.9. The number of carbonyl (C=O) groups is 2. The van der Waals surface area contributed by atoms with Crippen LogP contribution in [0.15, 0.2) is 35.4 Å². The highest BCUT2D eigenvalue weighted by Crippen LogP contribution is 2.35. The Bertz CT molecular complexity index is 1270. The summed E-state index contributed by atoms with van der Waals surface area (Å²) in [5.41, 5.74) is 7.39. The Hall–Kier alpha value is -3.46. The molecule has 178 valence electrons. The van der Waals surface area contributed by atoms with Gasteiger partial charge in [-0.25, -0.2) is 5.43 Å². The summed E-state index contributed by atoms with van der Waals surface area (Å²) in [5.74, 6) is -0.484. The molecule has 3 aromatic rings. The lowest BCUT2D eigenvalue weighted by Crippen LogP contribution is -2.29. The van der Waals surface area contributed by atoms with Gasteiger partial charge in [0.1, 0.15) is 5.69 Å². The SMILES string of the molecule is CCN(CC)C(=O)c1ccc(C(=O)N/N=C(\C)c2nn(C)c(-c3ccc4c(c3)CCC4)c2O)s1. The highest BCUT2D eigenvalue weighted by molar-refractivity contribution is 7.15. The largest absolute Gasteiger partial charge is 0.504 e. The van der Waals surface area contributed by atoms with Crippen molar-refractivity contribution in [3.63, 3.8) is 0 Å². The van der Waals surface area contributed by atoms with E-state index in [4.69, 9.17) is 0 Å². The minimum atomic E-state index is -0.419. The van der Waals surface area contributed by atoms with Crippen LogP contribution in [0.2, 0.25) is 0 Å². The fourth-order valence-corrected chi connectivity index (χ4v) is 5.15. The molecule has 0 atom stereocenters. The molecule has 2 amide bonds. The van der Waals surface area contributed by atoms with E-state index in [1.165, 1.54) is 11.1 Å². The molecule has 9 heteroatoms. The molecule has 0 bridgehead atoms. The molecule has 0 saturated heterocycles. The third-order valence-corrected chi connectivity index (χ3v) is 7.23. The number of carbonyl (C=O) groups excluding carboxylic acids is 2. The van der Waals surface area contributed by atoms with Crippen LogP contribution in [-0.2, 0) is 19.9 Å². The first-order valence-electron chi connectivity index (χ1n) is 11.5. The predicted octanol–water partition coefficient (Wildman–Crippen LogP) is 3.98. The first kappa shape index (κ1) is 23.7. The quantitative estimate of drug-likeness (QED) is 0.395. The molecule has 0 saturated carbocycles. The van der Waals surface area contributed by atoms with Crippen LogP contribution >= 0.6 is 11.3 Å². The Kier molecular flexibility index (Phi) is 6.83. The van der Waals surface area contributed by atoms with Crippen molar-refractivity contribution in [2.24, 2.45) is 12.1 Å². The number of benzene rings is 1. The number of nitrogens with one attached hydrogen (secondary N) is 1. The predicted molar refractivity (Wildman–Crippen MR) is 134 cm³/mol. The van der Waals surface area contributed by atoms with Crippen LogP contribution in [0.4, 0.5) is 0 Å². The van der Waals surface area contributed by atoms with Crippen molar-refractivity contribution in [1.29, 1.82) is 0 Å². The van der Waals surface area contributed by atoms with E-state index < -0.39 is 5.91 Å². The van der Waals surface area contributed by atoms with E-state index >= 15 is 0 Å². The van der Waals surface area contributed by atoms with Gasteiger partial charge in [-0.3, -0.25) is 14.3 Å². The maximum absolute atomic E-state index is 12.6. The molecule has 0 unspecified atom stereocenters. The van der Waals surface area contributed by atoms with E-state index in [2.05, 4.69) is 27.8 Å². The maximum Gasteiger partial charge on any atom is 0.281 e. The van der Waals surface area contributed by atoms with Gasteiger partial charge in [0.2, 0.25) is 0 Å². The zero-order valence-corrected chi connectivity index (χ0v) is 20.7. The van der Waals surface area contributed by atoms with Crippen LogP contribution < -0.4 is 5.43 Å². The van der Waals surface area contributed by atoms with E-state index in [1.807, 2.05) is 19.9 Å². The zero-order chi connectivity index (χ0) is 24.4. The maximum atomic E-state index is 12.6. The minimum absolute atomic E-state index is 0.0270. The highest BCUT2D eigenvalue weighted by atomic mass is 32.1. The van der Waals surface area contributed by atoms with Crippen LogP contribution in [0.3, 0.4) is 0 Å². The first-order valence-corrected chi connectivity index (χ1v) is 12.3. The summed E-state index contributed by atoms with van der Waals surface area (Å²) in [4.78, 5) is 27.7. The molecule has 2 N–H and O–H groups in total. The Morgan fingerprint density at radius 1 is 1.15 bits per heavy atom. The third kappa shape index (κ3) is 4.48. The van der Waals surface area contributed by atoms with E-state index in [-0.39, 0.29) is 11.7 Å². The number of amides is 2. The summed E-state index contributed by atoms with van der Waals surface area (Å²) in [7, 11) is 1.78. The molecule has 1 aliphatic carbocycles. The third-order valence-electron chi connectivity index (χ3n) is 6.15. The molecule has 2 aromatic heterocycles. The number of hydrogen-bond acceptors (Lipinski definition) is 6. The second-order valence-electron chi connectivity index (χ2n) is 8.29. The average Bonchev–Trinajstić information content (AvgIpc) is 3.56. The number of hydrazone groups is 1. The number of thiophene rings is 1. The normalized spacial score (nSPS) is 13.1. The Morgan fingerprint density at radius 2 is 1.85 bits per heavy atom. The van der Waals surface area contributed by atoms with E-state index in [0.29, 0.717) is 39.9 Å². The van der Waals surface area contributed by atoms with Gasteiger partial charge in [0.25, 0.3) is 11.8 Å². The van der Waals surface area contributed by atoms with Crippen LogP contribution in [0.25, 0.3) is 11.3 Å². The fraction of sp³-hybridized carbons (Fsp3) is 0.360. The van der Waals surface area contributed by atoms with E-state index in [1.54, 1.807) is 35.7 Å². The number of aryl methyl sites for hydroxylation is 3. The van der Waals surface area contributed by atoms with Gasteiger partial charge in [-0.15, -0.1) is 11.3 Å². The Morgan fingerprint density at radius 3 is 2.59 bits per heavy atom. The molecule has 1 aliphatic rings. The first-order chi connectivity index (χ1) is 16.3. The van der Waals surface area contributed by atoms with Crippen LogP contribution in [0.1, 0.15) is 63.4 Å². The highest BCUT2D eigenvalue weighted by Gasteiger charge is 2.22. The molecular weight excluding hydrogens is 450 g/mol. The van der Waals surface area contributed by atoms with Crippen molar-refractivity contribution in [3.8, 4) is 17.0 Å². The van der Waals surface area contributed by atoms with E-state index in [9.17, 15) is 14.7 Å². The molecule has 0 aliphatic heterocycles. The van der Waals surface area contributed by atoms with Gasteiger partial charge in [-0.2, -0.15) is 10.2 Å². The van der Waals surface area contributed by atoms with Gasteiger partial charge in [0.05, 0.1) is 15.5 Å². The summed E-state index contributed by atoms with van der Waals surface area (Å²) in [6.07, 6.45) is 3.30. The topological polar surface area (TPSA) is 99.8 Å². The Labute approximate surface area is 202 Å². The molecular formula is C25H29N5O3S. The lowest BCUT2D eigenvalue weighted by Gasteiger charge is -2.17. The van der Waals surface area contributed by atoms with Gasteiger partial charge in [-0.1, -0.05) is 12.1 Å². The molecule has 2 heterocycles. The number of aromatic hydroxyl groups is 1. The molecule has 4 rings (SSSR count). The summed E-state index contributed by atoms with van der Waals surface area (Å²) < 4.78 is 1.63. The van der Waals surface area contributed by atoms with Gasteiger partial charge < -0.3 is 10.0 Å². The summed E-state index contributed by atoms with van der Waals surface area (Å²) in [5, 5.41) is 19.5. The summed E-state index contributed by atoms with van der Waals surface area (Å²) >= 11 is 1.13. The number of aromatic nitrogens is 2. The second-order valence-corrected chi connectivity index (χ2v) is 9.37. The molecule has 0 radical (unpaired) electrons. The van der Waals surface area contributed by atoms with Crippen molar-refractivity contribution in [2.75, 3.05) is 13.1 Å². The number of nitrogens with zero attached hydrogens (tertiary/aromatic N) is 4. The smallest absolute Gasteiger partial charge is 0.281 e. The Balaban J connectivity index is 1.51. The molecule has 34 heavy (non-hydrogen) atoms. The molecule has 0 spiro atoms.